The van der Waals surface area contributed by atoms with E-state index in [4.69, 9.17) is 0 Å². The molecular formula is C8H14N. The van der Waals surface area contributed by atoms with Crippen molar-refractivity contribution in [2.45, 2.75) is 19.3 Å². The zero-order valence-electron chi connectivity index (χ0n) is 5.84. The summed E-state index contributed by atoms with van der Waals surface area (Å²) in [5, 5.41) is 0. The molecule has 1 aliphatic rings. The molecular weight excluding hydrogens is 110 g/mol. The summed E-state index contributed by atoms with van der Waals surface area (Å²) in [5.41, 5.74) is 0. The highest BCUT2D eigenvalue weighted by molar-refractivity contribution is 4.79. The normalized spacial score (nSPS) is 20.4. The highest BCUT2D eigenvalue weighted by Gasteiger charge is 2.09. The maximum Gasteiger partial charge on any atom is 0.0252 e. The first-order chi connectivity index (χ1) is 4.43. The third kappa shape index (κ3) is 2.19. The van der Waals surface area contributed by atoms with Gasteiger partial charge in [0.2, 0.25) is 0 Å². The van der Waals surface area contributed by atoms with Crippen molar-refractivity contribution < 1.29 is 0 Å². The minimum Gasteiger partial charge on any atom is -0.299 e. The highest BCUT2D eigenvalue weighted by atomic mass is 15.1. The summed E-state index contributed by atoms with van der Waals surface area (Å²) >= 11 is 0. The quantitative estimate of drug-likeness (QED) is 0.519. The monoisotopic (exact) mass is 124 g/mol. The molecule has 0 aromatic heterocycles. The Hall–Kier alpha value is -0.300. The van der Waals surface area contributed by atoms with E-state index in [1.807, 2.05) is 6.08 Å². The topological polar surface area (TPSA) is 3.24 Å². The molecule has 0 spiro atoms. The Bertz CT molecular complexity index is 82.6. The summed E-state index contributed by atoms with van der Waals surface area (Å²) in [6.07, 6.45) is 5.72. The summed E-state index contributed by atoms with van der Waals surface area (Å²) in [6, 6.07) is 0. The lowest BCUT2D eigenvalue weighted by Crippen LogP contribution is -2.16. The molecule has 0 amide bonds. The Labute approximate surface area is 57.4 Å². The van der Waals surface area contributed by atoms with E-state index in [0.717, 1.165) is 6.42 Å². The second-order valence-electron chi connectivity index (χ2n) is 2.44. The lowest BCUT2D eigenvalue weighted by Gasteiger charge is -2.10. The summed E-state index contributed by atoms with van der Waals surface area (Å²) in [7, 11) is 0. The number of nitrogens with zero attached hydrogens (tertiary/aromatic N) is 1. The van der Waals surface area contributed by atoms with Crippen LogP contribution < -0.4 is 0 Å². The average Bonchev–Trinajstić information content (AvgIpc) is 2.34. The van der Waals surface area contributed by atoms with Gasteiger partial charge in [-0.1, -0.05) is 6.08 Å². The lowest BCUT2D eigenvalue weighted by molar-refractivity contribution is 0.394. The molecule has 51 valence electrons. The van der Waals surface area contributed by atoms with Crippen molar-refractivity contribution in [2.75, 3.05) is 13.1 Å². The van der Waals surface area contributed by atoms with Gasteiger partial charge in [-0.2, -0.15) is 0 Å². The van der Waals surface area contributed by atoms with Gasteiger partial charge in [-0.15, -0.1) is 6.58 Å². The first-order valence-corrected chi connectivity index (χ1v) is 3.62. The molecule has 0 aliphatic carbocycles. The molecule has 0 atom stereocenters. The molecule has 1 heteroatoms. The molecule has 0 saturated carbocycles. The Morgan fingerprint density at radius 3 is 3.11 bits per heavy atom. The van der Waals surface area contributed by atoms with Crippen LogP contribution >= 0.6 is 0 Å². The second kappa shape index (κ2) is 3.67. The zero-order chi connectivity index (χ0) is 6.53. The number of hydrogen-bond acceptors (Lipinski definition) is 1. The molecule has 1 rings (SSSR count). The van der Waals surface area contributed by atoms with Crippen LogP contribution in [0.4, 0.5) is 0 Å². The van der Waals surface area contributed by atoms with Gasteiger partial charge in [0.25, 0.3) is 0 Å². The molecule has 1 nitrogen and oxygen atoms in total. The van der Waals surface area contributed by atoms with E-state index in [1.165, 1.54) is 25.9 Å². The fourth-order valence-electron chi connectivity index (χ4n) is 1.12. The maximum atomic E-state index is 3.68. The fourth-order valence-corrected chi connectivity index (χ4v) is 1.12. The summed E-state index contributed by atoms with van der Waals surface area (Å²) in [4.78, 5) is 2.38. The lowest BCUT2D eigenvalue weighted by atomic mass is 10.4. The third-order valence-corrected chi connectivity index (χ3v) is 1.66. The van der Waals surface area contributed by atoms with Crippen LogP contribution in [0.5, 0.6) is 0 Å². The van der Waals surface area contributed by atoms with E-state index in [-0.39, 0.29) is 0 Å². The first-order valence-electron chi connectivity index (χ1n) is 3.62. The maximum absolute atomic E-state index is 3.68. The van der Waals surface area contributed by atoms with Crippen molar-refractivity contribution in [2.24, 2.45) is 0 Å². The first kappa shape index (κ1) is 6.81. The van der Waals surface area contributed by atoms with Gasteiger partial charge < -0.3 is 0 Å². The van der Waals surface area contributed by atoms with Crippen LogP contribution in [0.1, 0.15) is 19.3 Å². The molecule has 9 heavy (non-hydrogen) atoms. The Balaban J connectivity index is 2.04. The number of hydrogen-bond donors (Lipinski definition) is 0. The van der Waals surface area contributed by atoms with Gasteiger partial charge in [-0.25, -0.2) is 0 Å². The predicted molar refractivity (Wildman–Crippen MR) is 39.9 cm³/mol. The molecule has 1 aliphatic heterocycles. The second-order valence-corrected chi connectivity index (χ2v) is 2.44. The zero-order valence-corrected chi connectivity index (χ0v) is 5.84. The van der Waals surface area contributed by atoms with E-state index in [1.54, 1.807) is 0 Å². The van der Waals surface area contributed by atoms with Crippen LogP contribution in [-0.4, -0.2) is 18.0 Å². The van der Waals surface area contributed by atoms with Gasteiger partial charge in [0, 0.05) is 13.1 Å². The van der Waals surface area contributed by atoms with Crippen molar-refractivity contribution in [3.63, 3.8) is 0 Å². The van der Waals surface area contributed by atoms with E-state index in [9.17, 15) is 0 Å². The van der Waals surface area contributed by atoms with Crippen molar-refractivity contribution in [3.05, 3.63) is 19.2 Å². The standard InChI is InChI=1S/C8H14N/c1-2-3-6-9-7-4-5-8-9/h2,7H,1,3-6,8H2. The van der Waals surface area contributed by atoms with Crippen molar-refractivity contribution >= 4 is 0 Å². The van der Waals surface area contributed by atoms with Gasteiger partial charge in [-0.05, 0) is 25.8 Å². The minimum absolute atomic E-state index is 1.12. The van der Waals surface area contributed by atoms with Crippen LogP contribution in [0.3, 0.4) is 0 Å². The number of rotatable bonds is 3. The Morgan fingerprint density at radius 1 is 1.67 bits per heavy atom. The highest BCUT2D eigenvalue weighted by Crippen LogP contribution is 2.11. The van der Waals surface area contributed by atoms with Gasteiger partial charge in [0.15, 0.2) is 0 Å². The van der Waals surface area contributed by atoms with E-state index in [2.05, 4.69) is 18.0 Å². The van der Waals surface area contributed by atoms with E-state index >= 15 is 0 Å². The molecule has 0 N–H and O–H groups in total. The SMILES string of the molecule is C=CCCN1[CH]CCC1. The smallest absolute Gasteiger partial charge is 0.0252 e. The van der Waals surface area contributed by atoms with Gasteiger partial charge in [0.05, 0.1) is 0 Å². The van der Waals surface area contributed by atoms with Crippen LogP contribution in [-0.2, 0) is 0 Å². The van der Waals surface area contributed by atoms with Gasteiger partial charge >= 0.3 is 0 Å². The van der Waals surface area contributed by atoms with Crippen molar-refractivity contribution in [1.29, 1.82) is 0 Å². The third-order valence-electron chi connectivity index (χ3n) is 1.66. The molecule has 0 unspecified atom stereocenters. The molecule has 0 aromatic carbocycles. The predicted octanol–water partition coefficient (Wildman–Crippen LogP) is 1.82. The van der Waals surface area contributed by atoms with Gasteiger partial charge in [-0.3, -0.25) is 4.90 Å². The van der Waals surface area contributed by atoms with E-state index in [0.29, 0.717) is 0 Å². The molecule has 1 fully saturated rings. The van der Waals surface area contributed by atoms with Crippen molar-refractivity contribution in [3.8, 4) is 0 Å². The van der Waals surface area contributed by atoms with Crippen LogP contribution in [0, 0.1) is 6.54 Å². The van der Waals surface area contributed by atoms with Crippen LogP contribution in [0.15, 0.2) is 12.7 Å². The van der Waals surface area contributed by atoms with Crippen LogP contribution in [0.2, 0.25) is 0 Å². The molecule has 1 saturated heterocycles. The largest absolute Gasteiger partial charge is 0.299 e. The van der Waals surface area contributed by atoms with E-state index < -0.39 is 0 Å². The summed E-state index contributed by atoms with van der Waals surface area (Å²) < 4.78 is 0. The Morgan fingerprint density at radius 2 is 2.56 bits per heavy atom. The number of likely N-dealkylation sites (tertiary alicyclic amines) is 1. The Kier molecular flexibility index (Phi) is 2.78. The molecule has 1 radical (unpaired) electrons. The van der Waals surface area contributed by atoms with Crippen LogP contribution in [0.25, 0.3) is 0 Å². The average molecular weight is 124 g/mol. The molecule has 0 aromatic rings. The fraction of sp³-hybridized carbons (Fsp3) is 0.625. The minimum atomic E-state index is 1.12. The summed E-state index contributed by atoms with van der Waals surface area (Å²) in [5.74, 6) is 0. The summed E-state index contributed by atoms with van der Waals surface area (Å²) in [6.45, 7) is 8.40. The molecule has 1 heterocycles. The molecule has 0 bridgehead atoms. The van der Waals surface area contributed by atoms with Crippen molar-refractivity contribution in [1.82, 2.24) is 4.90 Å². The van der Waals surface area contributed by atoms with Gasteiger partial charge in [0.1, 0.15) is 0 Å².